The van der Waals surface area contributed by atoms with Gasteiger partial charge in [-0.2, -0.15) is 0 Å². The van der Waals surface area contributed by atoms with Gasteiger partial charge in [-0.1, -0.05) is 0 Å². The Kier molecular flexibility index (Phi) is 1.20. The smallest absolute Gasteiger partial charge is 0.211 e. The molecule has 0 saturated heterocycles. The van der Waals surface area contributed by atoms with E-state index in [1.807, 2.05) is 6.07 Å². The second-order valence-corrected chi connectivity index (χ2v) is 3.56. The van der Waals surface area contributed by atoms with Crippen LogP contribution in [0.15, 0.2) is 24.5 Å². The molecule has 0 unspecified atom stereocenters. The van der Waals surface area contributed by atoms with Crippen LogP contribution in [0.4, 0.5) is 0 Å². The predicted molar refractivity (Wildman–Crippen MR) is 49.7 cm³/mol. The van der Waals surface area contributed by atoms with Gasteiger partial charge in [-0.05, 0) is 18.9 Å². The fourth-order valence-electron chi connectivity index (χ4n) is 1.71. The summed E-state index contributed by atoms with van der Waals surface area (Å²) in [6.07, 6.45) is 6.35. The SMILES string of the molecule is Oc1cc2ccn(C3CC3)c2cn1. The standard InChI is InChI=1S/C10H10N2O/c13-10-5-7-3-4-12(8-1-2-8)9(7)6-11-10/h3-6,8H,1-2H2,(H,11,13). The number of fused-ring (bicyclic) bond motifs is 1. The zero-order valence-corrected chi connectivity index (χ0v) is 7.14. The van der Waals surface area contributed by atoms with Gasteiger partial charge in [-0.3, -0.25) is 0 Å². The first-order valence-corrected chi connectivity index (χ1v) is 4.50. The van der Waals surface area contributed by atoms with Crippen LogP contribution in [0, 0.1) is 0 Å². The molecule has 3 heteroatoms. The summed E-state index contributed by atoms with van der Waals surface area (Å²) in [6.45, 7) is 0. The Hall–Kier alpha value is -1.51. The molecule has 0 atom stereocenters. The van der Waals surface area contributed by atoms with Crippen LogP contribution in [-0.4, -0.2) is 14.7 Å². The molecule has 1 N–H and O–H groups in total. The van der Waals surface area contributed by atoms with Crippen LogP contribution in [0.5, 0.6) is 5.88 Å². The van der Waals surface area contributed by atoms with E-state index in [1.165, 1.54) is 12.8 Å². The molecule has 0 aliphatic heterocycles. The molecule has 1 aliphatic carbocycles. The number of aromatic hydroxyl groups is 1. The number of hydrogen-bond donors (Lipinski definition) is 1. The lowest BCUT2D eigenvalue weighted by Gasteiger charge is -2.00. The Balaban J connectivity index is 2.26. The molecule has 2 aromatic heterocycles. The van der Waals surface area contributed by atoms with Crippen LogP contribution < -0.4 is 0 Å². The number of nitrogens with zero attached hydrogens (tertiary/aromatic N) is 2. The predicted octanol–water partition coefficient (Wildman–Crippen LogP) is 2.08. The average molecular weight is 174 g/mol. The van der Waals surface area contributed by atoms with Gasteiger partial charge in [0.05, 0.1) is 11.7 Å². The van der Waals surface area contributed by atoms with Crippen molar-refractivity contribution in [2.24, 2.45) is 0 Å². The summed E-state index contributed by atoms with van der Waals surface area (Å²) in [6, 6.07) is 4.40. The zero-order chi connectivity index (χ0) is 8.84. The summed E-state index contributed by atoms with van der Waals surface area (Å²) >= 11 is 0. The largest absolute Gasteiger partial charge is 0.493 e. The molecule has 1 fully saturated rings. The average Bonchev–Trinajstić information content (AvgIpc) is 2.87. The van der Waals surface area contributed by atoms with Crippen molar-refractivity contribution in [1.29, 1.82) is 0 Å². The Morgan fingerprint density at radius 3 is 3.08 bits per heavy atom. The normalized spacial score (nSPS) is 16.6. The van der Waals surface area contributed by atoms with E-state index in [9.17, 15) is 5.11 Å². The summed E-state index contributed by atoms with van der Waals surface area (Å²) in [5.41, 5.74) is 1.13. The van der Waals surface area contributed by atoms with E-state index in [2.05, 4.69) is 15.7 Å². The van der Waals surface area contributed by atoms with Crippen molar-refractivity contribution in [2.75, 3.05) is 0 Å². The molecule has 2 heterocycles. The second-order valence-electron chi connectivity index (χ2n) is 3.56. The highest BCUT2D eigenvalue weighted by Crippen LogP contribution is 2.37. The Morgan fingerprint density at radius 1 is 1.46 bits per heavy atom. The first-order chi connectivity index (χ1) is 6.34. The van der Waals surface area contributed by atoms with Gasteiger partial charge in [0, 0.05) is 23.7 Å². The Bertz CT molecular complexity index is 457. The van der Waals surface area contributed by atoms with E-state index in [4.69, 9.17) is 0 Å². The summed E-state index contributed by atoms with van der Waals surface area (Å²) in [5.74, 6) is 0.0982. The van der Waals surface area contributed by atoms with Gasteiger partial charge >= 0.3 is 0 Å². The second kappa shape index (κ2) is 2.25. The van der Waals surface area contributed by atoms with Gasteiger partial charge in [0.2, 0.25) is 5.88 Å². The molecule has 0 aromatic carbocycles. The highest BCUT2D eigenvalue weighted by Gasteiger charge is 2.24. The Morgan fingerprint density at radius 2 is 2.31 bits per heavy atom. The Labute approximate surface area is 75.6 Å². The van der Waals surface area contributed by atoms with Crippen molar-refractivity contribution in [1.82, 2.24) is 9.55 Å². The van der Waals surface area contributed by atoms with E-state index < -0.39 is 0 Å². The third kappa shape index (κ3) is 1.00. The minimum absolute atomic E-state index is 0.0982. The molecule has 3 rings (SSSR count). The lowest BCUT2D eigenvalue weighted by atomic mass is 10.3. The van der Waals surface area contributed by atoms with Crippen molar-refractivity contribution in [2.45, 2.75) is 18.9 Å². The summed E-state index contributed by atoms with van der Waals surface area (Å²) in [4.78, 5) is 3.89. The molecule has 0 radical (unpaired) electrons. The number of rotatable bonds is 1. The van der Waals surface area contributed by atoms with Gasteiger partial charge in [0.15, 0.2) is 0 Å². The van der Waals surface area contributed by atoms with Crippen LogP contribution in [0.1, 0.15) is 18.9 Å². The molecule has 3 nitrogen and oxygen atoms in total. The van der Waals surface area contributed by atoms with Crippen molar-refractivity contribution >= 4 is 10.9 Å². The van der Waals surface area contributed by atoms with E-state index >= 15 is 0 Å². The van der Waals surface area contributed by atoms with Crippen LogP contribution in [-0.2, 0) is 0 Å². The maximum atomic E-state index is 9.17. The van der Waals surface area contributed by atoms with Crippen molar-refractivity contribution in [3.8, 4) is 5.88 Å². The lowest BCUT2D eigenvalue weighted by molar-refractivity contribution is 0.454. The maximum absolute atomic E-state index is 9.17. The molecular formula is C10H10N2O. The van der Waals surface area contributed by atoms with Crippen LogP contribution in [0.2, 0.25) is 0 Å². The lowest BCUT2D eigenvalue weighted by Crippen LogP contribution is -1.90. The van der Waals surface area contributed by atoms with Gasteiger partial charge in [0.25, 0.3) is 0 Å². The van der Waals surface area contributed by atoms with Crippen LogP contribution in [0.25, 0.3) is 10.9 Å². The topological polar surface area (TPSA) is 38.0 Å². The van der Waals surface area contributed by atoms with E-state index in [0.29, 0.717) is 6.04 Å². The van der Waals surface area contributed by atoms with Crippen molar-refractivity contribution in [3.05, 3.63) is 24.5 Å². The highest BCUT2D eigenvalue weighted by atomic mass is 16.3. The van der Waals surface area contributed by atoms with Gasteiger partial charge < -0.3 is 9.67 Å². The van der Waals surface area contributed by atoms with Crippen LogP contribution >= 0.6 is 0 Å². The van der Waals surface area contributed by atoms with Gasteiger partial charge in [0.1, 0.15) is 0 Å². The monoisotopic (exact) mass is 174 g/mol. The minimum Gasteiger partial charge on any atom is -0.493 e. The summed E-state index contributed by atoms with van der Waals surface area (Å²) in [5, 5.41) is 10.2. The third-order valence-corrected chi connectivity index (χ3v) is 2.53. The van der Waals surface area contributed by atoms with Crippen molar-refractivity contribution < 1.29 is 5.11 Å². The molecule has 13 heavy (non-hydrogen) atoms. The third-order valence-electron chi connectivity index (χ3n) is 2.53. The van der Waals surface area contributed by atoms with E-state index in [1.54, 1.807) is 12.3 Å². The summed E-state index contributed by atoms with van der Waals surface area (Å²) in [7, 11) is 0. The molecule has 1 saturated carbocycles. The molecule has 2 aromatic rings. The molecule has 0 amide bonds. The fourth-order valence-corrected chi connectivity index (χ4v) is 1.71. The fraction of sp³-hybridized carbons (Fsp3) is 0.300. The first kappa shape index (κ1) is 6.95. The quantitative estimate of drug-likeness (QED) is 0.718. The van der Waals surface area contributed by atoms with E-state index in [0.717, 1.165) is 10.9 Å². The van der Waals surface area contributed by atoms with Gasteiger partial charge in [-0.25, -0.2) is 4.98 Å². The number of hydrogen-bond acceptors (Lipinski definition) is 2. The molecule has 1 aliphatic rings. The molecule has 0 spiro atoms. The van der Waals surface area contributed by atoms with Crippen LogP contribution in [0.3, 0.4) is 0 Å². The molecule has 0 bridgehead atoms. The number of pyridine rings is 1. The first-order valence-electron chi connectivity index (χ1n) is 4.50. The molecular weight excluding hydrogens is 164 g/mol. The van der Waals surface area contributed by atoms with Gasteiger partial charge in [-0.15, -0.1) is 0 Å². The number of aromatic nitrogens is 2. The summed E-state index contributed by atoms with van der Waals surface area (Å²) < 4.78 is 2.24. The van der Waals surface area contributed by atoms with E-state index in [-0.39, 0.29) is 5.88 Å². The maximum Gasteiger partial charge on any atom is 0.211 e. The highest BCUT2D eigenvalue weighted by molar-refractivity contribution is 5.80. The molecule has 66 valence electrons. The van der Waals surface area contributed by atoms with Crippen molar-refractivity contribution in [3.63, 3.8) is 0 Å². The zero-order valence-electron chi connectivity index (χ0n) is 7.14. The minimum atomic E-state index is 0.0982.